The molecule has 18 heavy (non-hydrogen) atoms. The second-order valence-electron chi connectivity index (χ2n) is 4.62. The molecular formula is C16H22S2. The summed E-state index contributed by atoms with van der Waals surface area (Å²) in [6.07, 6.45) is 23.3. The van der Waals surface area contributed by atoms with E-state index in [0.29, 0.717) is 10.5 Å². The topological polar surface area (TPSA) is 0 Å². The number of rotatable bonds is 9. The lowest BCUT2D eigenvalue weighted by Gasteiger charge is -2.06. The maximum absolute atomic E-state index is 2.28. The first-order chi connectivity index (χ1) is 8.95. The molecule has 0 atom stereocenters. The highest BCUT2D eigenvalue weighted by Gasteiger charge is 2.04. The molecule has 0 bridgehead atoms. The van der Waals surface area contributed by atoms with Gasteiger partial charge in [0.1, 0.15) is 0 Å². The number of thioether (sulfide) groups is 2. The number of allylic oxidation sites excluding steroid dienone is 4. The van der Waals surface area contributed by atoms with E-state index < -0.39 is 0 Å². The first-order valence-corrected chi connectivity index (χ1v) is 8.98. The molecule has 0 saturated carbocycles. The predicted molar refractivity (Wildman–Crippen MR) is 87.5 cm³/mol. The first kappa shape index (κ1) is 14.1. The molecule has 0 saturated heterocycles. The molecule has 0 aromatic carbocycles. The maximum Gasteiger partial charge on any atom is 0.0413 e. The Hall–Kier alpha value is -0.340. The van der Waals surface area contributed by atoms with Crippen molar-refractivity contribution in [2.75, 3.05) is 11.5 Å². The summed E-state index contributed by atoms with van der Waals surface area (Å²) in [7, 11) is 0. The average molecular weight is 278 g/mol. The fourth-order valence-corrected chi connectivity index (χ4v) is 4.13. The number of hydrogen-bond donors (Lipinski definition) is 0. The first-order valence-electron chi connectivity index (χ1n) is 6.88. The van der Waals surface area contributed by atoms with Gasteiger partial charge in [0.05, 0.1) is 0 Å². The lowest BCUT2D eigenvalue weighted by atomic mass is 10.2. The van der Waals surface area contributed by atoms with Gasteiger partial charge in [0, 0.05) is 10.5 Å². The second-order valence-corrected chi connectivity index (χ2v) is 7.20. The zero-order valence-electron chi connectivity index (χ0n) is 10.8. The monoisotopic (exact) mass is 278 g/mol. The molecule has 0 amide bonds. The van der Waals surface area contributed by atoms with Gasteiger partial charge in [0.2, 0.25) is 0 Å². The highest BCUT2D eigenvalue weighted by atomic mass is 32.2. The van der Waals surface area contributed by atoms with Gasteiger partial charge in [-0.2, -0.15) is 23.5 Å². The van der Waals surface area contributed by atoms with Crippen LogP contribution in [0.5, 0.6) is 0 Å². The number of unbranched alkanes of at least 4 members (excludes halogenated alkanes) is 3. The Morgan fingerprint density at radius 1 is 0.556 bits per heavy atom. The number of hydrogen-bond acceptors (Lipinski definition) is 2. The van der Waals surface area contributed by atoms with Crippen LogP contribution in [0.25, 0.3) is 0 Å². The fourth-order valence-electron chi connectivity index (χ4n) is 2.04. The molecule has 0 nitrogen and oxygen atoms in total. The summed E-state index contributed by atoms with van der Waals surface area (Å²) in [5.41, 5.74) is 0. The molecule has 0 aliphatic heterocycles. The molecule has 0 aromatic rings. The Kier molecular flexibility index (Phi) is 6.81. The minimum Gasteiger partial charge on any atom is -0.150 e. The molecule has 0 radical (unpaired) electrons. The van der Waals surface area contributed by atoms with Crippen LogP contribution in [0.3, 0.4) is 0 Å². The molecule has 2 aliphatic rings. The Bertz CT molecular complexity index is 281. The molecule has 2 heteroatoms. The van der Waals surface area contributed by atoms with Crippen molar-refractivity contribution in [2.45, 2.75) is 36.2 Å². The Morgan fingerprint density at radius 2 is 0.944 bits per heavy atom. The van der Waals surface area contributed by atoms with E-state index in [2.05, 4.69) is 72.1 Å². The average Bonchev–Trinajstić information content (AvgIpc) is 3.05. The van der Waals surface area contributed by atoms with Crippen molar-refractivity contribution in [3.8, 4) is 0 Å². The Balaban J connectivity index is 1.35. The molecule has 2 aliphatic carbocycles. The van der Waals surface area contributed by atoms with Crippen molar-refractivity contribution in [3.63, 3.8) is 0 Å². The summed E-state index contributed by atoms with van der Waals surface area (Å²) >= 11 is 4.14. The van der Waals surface area contributed by atoms with Gasteiger partial charge in [-0.25, -0.2) is 0 Å². The van der Waals surface area contributed by atoms with Crippen molar-refractivity contribution in [1.29, 1.82) is 0 Å². The summed E-state index contributed by atoms with van der Waals surface area (Å²) in [6.45, 7) is 0. The normalized spacial score (nSPS) is 18.4. The highest BCUT2D eigenvalue weighted by Crippen LogP contribution is 2.21. The van der Waals surface area contributed by atoms with Crippen LogP contribution in [0.15, 0.2) is 48.6 Å². The summed E-state index contributed by atoms with van der Waals surface area (Å²) in [6, 6.07) is 0. The van der Waals surface area contributed by atoms with Gasteiger partial charge in [-0.05, 0) is 24.3 Å². The molecule has 0 heterocycles. The third-order valence-corrected chi connectivity index (χ3v) is 5.53. The zero-order chi connectivity index (χ0) is 12.5. The van der Waals surface area contributed by atoms with E-state index in [9.17, 15) is 0 Å². The van der Waals surface area contributed by atoms with Crippen molar-refractivity contribution < 1.29 is 0 Å². The quantitative estimate of drug-likeness (QED) is 0.544. The summed E-state index contributed by atoms with van der Waals surface area (Å²) in [5.74, 6) is 2.61. The Morgan fingerprint density at radius 3 is 1.33 bits per heavy atom. The van der Waals surface area contributed by atoms with E-state index >= 15 is 0 Å². The molecule has 0 unspecified atom stereocenters. The van der Waals surface area contributed by atoms with Gasteiger partial charge in [-0.1, -0.05) is 61.4 Å². The SMILES string of the molecule is C1=CC(SCCCCCCSC2C=CC=C2)C=C1. The maximum atomic E-state index is 2.28. The smallest absolute Gasteiger partial charge is 0.0413 e. The van der Waals surface area contributed by atoms with E-state index in [1.807, 2.05) is 0 Å². The van der Waals surface area contributed by atoms with E-state index in [-0.39, 0.29) is 0 Å². The van der Waals surface area contributed by atoms with Gasteiger partial charge in [0.15, 0.2) is 0 Å². The predicted octanol–water partition coefficient (Wildman–Crippen LogP) is 5.00. The molecular weight excluding hydrogens is 256 g/mol. The summed E-state index contributed by atoms with van der Waals surface area (Å²) in [4.78, 5) is 0. The van der Waals surface area contributed by atoms with Gasteiger partial charge < -0.3 is 0 Å². The van der Waals surface area contributed by atoms with Gasteiger partial charge in [0.25, 0.3) is 0 Å². The molecule has 0 fully saturated rings. The summed E-state index contributed by atoms with van der Waals surface area (Å²) < 4.78 is 0. The van der Waals surface area contributed by atoms with E-state index in [0.717, 1.165) is 0 Å². The van der Waals surface area contributed by atoms with Crippen LogP contribution in [0.2, 0.25) is 0 Å². The summed E-state index contributed by atoms with van der Waals surface area (Å²) in [5, 5.41) is 1.31. The standard InChI is InChI=1S/C16H22S2/c1(7-13-17-15-9-3-4-10-15)2-8-14-18-16-11-5-6-12-16/h3-6,9-12,15-16H,1-2,7-8,13-14H2. The largest absolute Gasteiger partial charge is 0.150 e. The molecule has 2 rings (SSSR count). The van der Waals surface area contributed by atoms with Crippen molar-refractivity contribution in [3.05, 3.63) is 48.6 Å². The van der Waals surface area contributed by atoms with Crippen molar-refractivity contribution >= 4 is 23.5 Å². The molecule has 0 N–H and O–H groups in total. The Labute approximate surface area is 120 Å². The third-order valence-electron chi connectivity index (χ3n) is 3.08. The van der Waals surface area contributed by atoms with Gasteiger partial charge in [-0.15, -0.1) is 0 Å². The van der Waals surface area contributed by atoms with E-state index in [1.165, 1.54) is 37.2 Å². The van der Waals surface area contributed by atoms with Crippen LogP contribution < -0.4 is 0 Å². The minimum atomic E-state index is 0.654. The lowest BCUT2D eigenvalue weighted by Crippen LogP contribution is -1.94. The third kappa shape index (κ3) is 5.53. The van der Waals surface area contributed by atoms with Crippen LogP contribution >= 0.6 is 23.5 Å². The highest BCUT2D eigenvalue weighted by molar-refractivity contribution is 8.00. The molecule has 98 valence electrons. The molecule has 0 aromatic heterocycles. The zero-order valence-corrected chi connectivity index (χ0v) is 12.5. The molecule has 0 spiro atoms. The van der Waals surface area contributed by atoms with Crippen LogP contribution in [0.1, 0.15) is 25.7 Å². The van der Waals surface area contributed by atoms with Gasteiger partial charge in [-0.3, -0.25) is 0 Å². The van der Waals surface area contributed by atoms with Gasteiger partial charge >= 0.3 is 0 Å². The second kappa shape index (κ2) is 8.71. The van der Waals surface area contributed by atoms with Crippen LogP contribution in [0.4, 0.5) is 0 Å². The minimum absolute atomic E-state index is 0.654. The lowest BCUT2D eigenvalue weighted by molar-refractivity contribution is 0.711. The van der Waals surface area contributed by atoms with Crippen LogP contribution in [-0.4, -0.2) is 22.0 Å². The van der Waals surface area contributed by atoms with E-state index in [4.69, 9.17) is 0 Å². The van der Waals surface area contributed by atoms with Crippen molar-refractivity contribution in [1.82, 2.24) is 0 Å². The van der Waals surface area contributed by atoms with Crippen molar-refractivity contribution in [2.24, 2.45) is 0 Å². The van der Waals surface area contributed by atoms with E-state index in [1.54, 1.807) is 0 Å². The van der Waals surface area contributed by atoms with Crippen LogP contribution in [0, 0.1) is 0 Å². The van der Waals surface area contributed by atoms with Crippen LogP contribution in [-0.2, 0) is 0 Å². The fraction of sp³-hybridized carbons (Fsp3) is 0.500.